The second-order valence-corrected chi connectivity index (χ2v) is 5.45. The topological polar surface area (TPSA) is 55.1 Å². The van der Waals surface area contributed by atoms with Crippen molar-refractivity contribution >= 4 is 21.8 Å². The molecule has 3 N–H and O–H groups in total. The number of rotatable bonds is 2. The molecule has 1 aliphatic rings. The summed E-state index contributed by atoms with van der Waals surface area (Å²) in [5.41, 5.74) is 6.90. The molecule has 0 bridgehead atoms. The fourth-order valence-electron chi connectivity index (χ4n) is 2.52. The molecule has 4 heteroatoms. The monoisotopic (exact) mass is 296 g/mol. The quantitative estimate of drug-likeness (QED) is 0.876. The van der Waals surface area contributed by atoms with Crippen LogP contribution in [0.3, 0.4) is 0 Å². The van der Waals surface area contributed by atoms with E-state index in [2.05, 4.69) is 27.3 Å². The van der Waals surface area contributed by atoms with Crippen molar-refractivity contribution in [2.45, 2.75) is 24.7 Å². The molecule has 1 aromatic rings. The largest absolute Gasteiger partial charge is 0.356 e. The Labute approximate surface area is 110 Å². The molecule has 0 aromatic heterocycles. The van der Waals surface area contributed by atoms with Crippen LogP contribution in [0.15, 0.2) is 28.7 Å². The minimum atomic E-state index is -0.222. The Morgan fingerprint density at radius 3 is 2.88 bits per heavy atom. The maximum atomic E-state index is 11.8. The van der Waals surface area contributed by atoms with E-state index in [9.17, 15) is 4.79 Å². The highest BCUT2D eigenvalue weighted by Gasteiger charge is 2.35. The van der Waals surface area contributed by atoms with Gasteiger partial charge in [-0.1, -0.05) is 34.1 Å². The van der Waals surface area contributed by atoms with Crippen LogP contribution in [-0.2, 0) is 10.2 Å². The summed E-state index contributed by atoms with van der Waals surface area (Å²) in [6.07, 6.45) is 2.40. The van der Waals surface area contributed by atoms with E-state index in [1.807, 2.05) is 18.2 Å². The lowest BCUT2D eigenvalue weighted by atomic mass is 9.74. The first-order chi connectivity index (χ1) is 8.18. The summed E-state index contributed by atoms with van der Waals surface area (Å²) in [7, 11) is 0. The van der Waals surface area contributed by atoms with Crippen LogP contribution in [0.25, 0.3) is 0 Å². The molecule has 0 radical (unpaired) electrons. The third-order valence-electron chi connectivity index (χ3n) is 3.49. The Morgan fingerprint density at radius 1 is 1.41 bits per heavy atom. The van der Waals surface area contributed by atoms with Crippen molar-refractivity contribution in [2.24, 2.45) is 5.73 Å². The highest BCUT2D eigenvalue weighted by atomic mass is 79.9. The number of carbonyl (C=O) groups is 1. The average molecular weight is 297 g/mol. The van der Waals surface area contributed by atoms with E-state index >= 15 is 0 Å². The predicted octanol–water partition coefficient (Wildman–Crippen LogP) is 1.95. The van der Waals surface area contributed by atoms with Gasteiger partial charge < -0.3 is 11.1 Å². The van der Waals surface area contributed by atoms with Crippen molar-refractivity contribution in [1.82, 2.24) is 5.32 Å². The van der Waals surface area contributed by atoms with Crippen LogP contribution in [-0.4, -0.2) is 19.0 Å². The van der Waals surface area contributed by atoms with Gasteiger partial charge in [-0.05, 0) is 24.5 Å². The second kappa shape index (κ2) is 5.19. The average Bonchev–Trinajstić information content (AvgIpc) is 2.52. The fourth-order valence-corrected chi connectivity index (χ4v) is 3.22. The number of nitrogens with one attached hydrogen (secondary N) is 1. The zero-order chi connectivity index (χ0) is 12.3. The summed E-state index contributed by atoms with van der Waals surface area (Å²) in [5.74, 6) is 0.101. The van der Waals surface area contributed by atoms with E-state index in [4.69, 9.17) is 5.73 Å². The minimum absolute atomic E-state index is 0.101. The Hall–Kier alpha value is -0.870. The number of benzene rings is 1. The maximum absolute atomic E-state index is 11.8. The van der Waals surface area contributed by atoms with Gasteiger partial charge >= 0.3 is 0 Å². The second-order valence-electron chi connectivity index (χ2n) is 4.59. The molecule has 1 atom stereocenters. The van der Waals surface area contributed by atoms with Gasteiger partial charge in [-0.2, -0.15) is 0 Å². The zero-order valence-electron chi connectivity index (χ0n) is 9.71. The van der Waals surface area contributed by atoms with Crippen molar-refractivity contribution in [3.05, 3.63) is 34.3 Å². The van der Waals surface area contributed by atoms with Crippen molar-refractivity contribution < 1.29 is 4.79 Å². The SMILES string of the molecule is NCC1(c2ccccc2Br)CCCNC(=O)C1. The molecule has 2 rings (SSSR count). The van der Waals surface area contributed by atoms with Crippen LogP contribution in [0.4, 0.5) is 0 Å². The van der Waals surface area contributed by atoms with Crippen LogP contribution in [0.2, 0.25) is 0 Å². The number of carbonyl (C=O) groups excluding carboxylic acids is 1. The molecular weight excluding hydrogens is 280 g/mol. The van der Waals surface area contributed by atoms with Gasteiger partial charge in [0, 0.05) is 29.4 Å². The van der Waals surface area contributed by atoms with Crippen LogP contribution < -0.4 is 11.1 Å². The third-order valence-corrected chi connectivity index (χ3v) is 4.18. The van der Waals surface area contributed by atoms with E-state index in [0.717, 1.165) is 29.4 Å². The van der Waals surface area contributed by atoms with E-state index in [1.54, 1.807) is 0 Å². The molecule has 1 amide bonds. The van der Waals surface area contributed by atoms with Crippen molar-refractivity contribution in [1.29, 1.82) is 0 Å². The summed E-state index contributed by atoms with van der Waals surface area (Å²) in [6, 6.07) is 8.06. The number of halogens is 1. The number of hydrogen-bond donors (Lipinski definition) is 2. The molecule has 1 unspecified atom stereocenters. The summed E-state index contributed by atoms with van der Waals surface area (Å²) in [6.45, 7) is 1.26. The van der Waals surface area contributed by atoms with Gasteiger partial charge in [0.2, 0.25) is 5.91 Å². The summed E-state index contributed by atoms with van der Waals surface area (Å²) < 4.78 is 1.04. The lowest BCUT2D eigenvalue weighted by Gasteiger charge is -2.31. The smallest absolute Gasteiger partial charge is 0.220 e. The summed E-state index contributed by atoms with van der Waals surface area (Å²) >= 11 is 3.57. The third kappa shape index (κ3) is 2.53. The molecule has 0 aliphatic carbocycles. The number of hydrogen-bond acceptors (Lipinski definition) is 2. The molecule has 0 spiro atoms. The van der Waals surface area contributed by atoms with E-state index in [1.165, 1.54) is 0 Å². The molecule has 1 aromatic carbocycles. The fraction of sp³-hybridized carbons (Fsp3) is 0.462. The standard InChI is InChI=1S/C13H17BrN2O/c14-11-5-2-1-4-10(11)13(9-15)6-3-7-16-12(17)8-13/h1-2,4-5H,3,6-9,15H2,(H,16,17). The molecule has 17 heavy (non-hydrogen) atoms. The minimum Gasteiger partial charge on any atom is -0.356 e. The van der Waals surface area contributed by atoms with Crippen molar-refractivity contribution in [2.75, 3.05) is 13.1 Å². The molecule has 0 saturated carbocycles. The van der Waals surface area contributed by atoms with Crippen molar-refractivity contribution in [3.63, 3.8) is 0 Å². The highest BCUT2D eigenvalue weighted by molar-refractivity contribution is 9.10. The lowest BCUT2D eigenvalue weighted by Crippen LogP contribution is -2.38. The predicted molar refractivity (Wildman–Crippen MR) is 71.7 cm³/mol. The Morgan fingerprint density at radius 2 is 2.18 bits per heavy atom. The van der Waals surface area contributed by atoms with Crippen LogP contribution in [0.5, 0.6) is 0 Å². The molecule has 3 nitrogen and oxygen atoms in total. The first-order valence-corrected chi connectivity index (χ1v) is 6.69. The van der Waals surface area contributed by atoms with Gasteiger partial charge in [0.15, 0.2) is 0 Å². The van der Waals surface area contributed by atoms with E-state index in [0.29, 0.717) is 13.0 Å². The van der Waals surface area contributed by atoms with Crippen LogP contribution >= 0.6 is 15.9 Å². The van der Waals surface area contributed by atoms with Gasteiger partial charge in [0.25, 0.3) is 0 Å². The summed E-state index contributed by atoms with van der Waals surface area (Å²) in [5, 5.41) is 2.91. The van der Waals surface area contributed by atoms with Crippen LogP contribution in [0, 0.1) is 0 Å². The molecule has 1 aliphatic heterocycles. The lowest BCUT2D eigenvalue weighted by molar-refractivity contribution is -0.121. The van der Waals surface area contributed by atoms with Gasteiger partial charge in [-0.25, -0.2) is 0 Å². The molecule has 92 valence electrons. The number of amides is 1. The van der Waals surface area contributed by atoms with Gasteiger partial charge in [0.05, 0.1) is 0 Å². The van der Waals surface area contributed by atoms with Gasteiger partial charge in [-0.3, -0.25) is 4.79 Å². The Balaban J connectivity index is 2.42. The molecule has 1 fully saturated rings. The molecule has 1 saturated heterocycles. The normalized spacial score (nSPS) is 25.2. The number of nitrogens with two attached hydrogens (primary N) is 1. The van der Waals surface area contributed by atoms with Gasteiger partial charge in [-0.15, -0.1) is 0 Å². The first kappa shape index (κ1) is 12.6. The first-order valence-electron chi connectivity index (χ1n) is 5.90. The maximum Gasteiger partial charge on any atom is 0.220 e. The molecular formula is C13H17BrN2O. The van der Waals surface area contributed by atoms with Gasteiger partial charge in [0.1, 0.15) is 0 Å². The van der Waals surface area contributed by atoms with Crippen molar-refractivity contribution in [3.8, 4) is 0 Å². The van der Waals surface area contributed by atoms with Crippen LogP contribution in [0.1, 0.15) is 24.8 Å². The van der Waals surface area contributed by atoms with E-state index < -0.39 is 0 Å². The zero-order valence-corrected chi connectivity index (χ0v) is 11.3. The highest BCUT2D eigenvalue weighted by Crippen LogP contribution is 2.37. The summed E-state index contributed by atoms with van der Waals surface area (Å²) in [4.78, 5) is 11.8. The molecule has 1 heterocycles. The Bertz CT molecular complexity index is 422. The Kier molecular flexibility index (Phi) is 3.84. The van der Waals surface area contributed by atoms with E-state index in [-0.39, 0.29) is 11.3 Å².